The van der Waals surface area contributed by atoms with E-state index in [0.29, 0.717) is 17.5 Å². The average molecular weight is 305 g/mol. The Bertz CT molecular complexity index is 516. The van der Waals surface area contributed by atoms with E-state index in [1.165, 1.54) is 6.42 Å². The van der Waals surface area contributed by atoms with E-state index >= 15 is 0 Å². The average Bonchev–Trinajstić information content (AvgIpc) is 2.50. The van der Waals surface area contributed by atoms with Gasteiger partial charge in [0.15, 0.2) is 0 Å². The van der Waals surface area contributed by atoms with E-state index < -0.39 is 6.03 Å². The van der Waals surface area contributed by atoms with Crippen LogP contribution in [0.25, 0.3) is 0 Å². The van der Waals surface area contributed by atoms with Crippen molar-refractivity contribution in [2.75, 3.05) is 25.5 Å². The van der Waals surface area contributed by atoms with Crippen molar-refractivity contribution in [3.63, 3.8) is 0 Å². The number of carbonyl (C=O) groups excluding carboxylic acids is 2. The lowest BCUT2D eigenvalue weighted by molar-refractivity contribution is -0.121. The van der Waals surface area contributed by atoms with Crippen LogP contribution in [0.15, 0.2) is 24.3 Å². The maximum Gasteiger partial charge on any atom is 0.325 e. The Morgan fingerprint density at radius 3 is 2.64 bits per heavy atom. The first-order chi connectivity index (χ1) is 10.6. The van der Waals surface area contributed by atoms with Gasteiger partial charge in [-0.1, -0.05) is 6.42 Å². The molecular weight excluding hydrogens is 282 g/mol. The summed E-state index contributed by atoms with van der Waals surface area (Å²) in [6, 6.07) is 6.80. The number of hydrogen-bond donors (Lipinski definition) is 2. The maximum absolute atomic E-state index is 11.9. The third-order valence-corrected chi connectivity index (χ3v) is 3.89. The lowest BCUT2D eigenvalue weighted by Crippen LogP contribution is -2.46. The molecule has 1 atom stereocenters. The van der Waals surface area contributed by atoms with Crippen molar-refractivity contribution in [3.05, 3.63) is 24.3 Å². The molecule has 1 unspecified atom stereocenters. The molecule has 1 aromatic carbocycles. The summed E-state index contributed by atoms with van der Waals surface area (Å²) < 4.78 is 5.05. The van der Waals surface area contributed by atoms with Gasteiger partial charge in [0.1, 0.15) is 5.75 Å². The number of methoxy groups -OCH3 is 1. The summed E-state index contributed by atoms with van der Waals surface area (Å²) in [4.78, 5) is 25.8. The Morgan fingerprint density at radius 1 is 1.27 bits per heavy atom. The first-order valence-electron chi connectivity index (χ1n) is 7.57. The summed E-state index contributed by atoms with van der Waals surface area (Å²) in [6.45, 7) is 3.29. The number of rotatable bonds is 4. The molecule has 0 radical (unpaired) electrons. The number of nitrogens with zero attached hydrogens (tertiary/aromatic N) is 1. The predicted octanol–water partition coefficient (Wildman–Crippen LogP) is 2.22. The van der Waals surface area contributed by atoms with Crippen LogP contribution in [0.5, 0.6) is 5.75 Å². The van der Waals surface area contributed by atoms with Crippen molar-refractivity contribution in [1.82, 2.24) is 10.2 Å². The van der Waals surface area contributed by atoms with Crippen LogP contribution in [-0.2, 0) is 4.79 Å². The summed E-state index contributed by atoms with van der Waals surface area (Å²) in [5.41, 5.74) is 0.609. The van der Waals surface area contributed by atoms with Gasteiger partial charge in [-0.05, 0) is 50.6 Å². The first kappa shape index (κ1) is 16.3. The molecule has 1 fully saturated rings. The van der Waals surface area contributed by atoms with Gasteiger partial charge in [-0.3, -0.25) is 15.0 Å². The molecule has 0 aliphatic carbocycles. The Hall–Kier alpha value is -2.08. The minimum Gasteiger partial charge on any atom is -0.497 e. The number of carbonyl (C=O) groups is 2. The number of imide groups is 1. The molecule has 2 rings (SSSR count). The van der Waals surface area contributed by atoms with Crippen LogP contribution in [0.2, 0.25) is 0 Å². The number of amides is 3. The molecule has 1 heterocycles. The molecule has 1 aromatic rings. The second kappa shape index (κ2) is 7.79. The second-order valence-electron chi connectivity index (χ2n) is 5.55. The molecule has 0 spiro atoms. The molecule has 1 aliphatic rings. The van der Waals surface area contributed by atoms with E-state index in [0.717, 1.165) is 19.4 Å². The molecule has 0 saturated carbocycles. The number of ether oxygens (including phenoxy) is 1. The van der Waals surface area contributed by atoms with Gasteiger partial charge in [0.2, 0.25) is 5.91 Å². The number of urea groups is 1. The molecule has 0 bridgehead atoms. The van der Waals surface area contributed by atoms with E-state index in [1.54, 1.807) is 31.4 Å². The SMILES string of the molecule is COc1ccc(NC(=O)NC(=O)CN2CCCCC2C)cc1. The van der Waals surface area contributed by atoms with Gasteiger partial charge in [0, 0.05) is 11.7 Å². The maximum atomic E-state index is 11.9. The fourth-order valence-electron chi connectivity index (χ4n) is 2.58. The number of likely N-dealkylation sites (tertiary alicyclic amines) is 1. The van der Waals surface area contributed by atoms with Gasteiger partial charge in [-0.25, -0.2) is 4.79 Å². The van der Waals surface area contributed by atoms with Gasteiger partial charge < -0.3 is 10.1 Å². The van der Waals surface area contributed by atoms with Crippen LogP contribution < -0.4 is 15.4 Å². The van der Waals surface area contributed by atoms with Crippen LogP contribution in [0, 0.1) is 0 Å². The predicted molar refractivity (Wildman–Crippen MR) is 85.0 cm³/mol. The van der Waals surface area contributed by atoms with Crippen molar-refractivity contribution in [3.8, 4) is 5.75 Å². The fraction of sp³-hybridized carbons (Fsp3) is 0.500. The van der Waals surface area contributed by atoms with E-state index in [2.05, 4.69) is 22.5 Å². The molecule has 1 saturated heterocycles. The number of nitrogens with one attached hydrogen (secondary N) is 2. The largest absolute Gasteiger partial charge is 0.497 e. The highest BCUT2D eigenvalue weighted by Crippen LogP contribution is 2.16. The molecular formula is C16H23N3O3. The van der Waals surface area contributed by atoms with Crippen LogP contribution in [-0.4, -0.2) is 43.1 Å². The zero-order valence-corrected chi connectivity index (χ0v) is 13.1. The minimum absolute atomic E-state index is 0.261. The Balaban J connectivity index is 1.79. The van der Waals surface area contributed by atoms with Crippen molar-refractivity contribution in [1.29, 1.82) is 0 Å². The quantitative estimate of drug-likeness (QED) is 0.895. The summed E-state index contributed by atoms with van der Waals surface area (Å²) >= 11 is 0. The third-order valence-electron chi connectivity index (χ3n) is 3.89. The van der Waals surface area contributed by atoms with E-state index in [-0.39, 0.29) is 12.5 Å². The zero-order chi connectivity index (χ0) is 15.9. The summed E-state index contributed by atoms with van der Waals surface area (Å²) in [5, 5.41) is 4.99. The van der Waals surface area contributed by atoms with Gasteiger partial charge >= 0.3 is 6.03 Å². The van der Waals surface area contributed by atoms with Gasteiger partial charge in [-0.15, -0.1) is 0 Å². The van der Waals surface area contributed by atoms with Crippen LogP contribution >= 0.6 is 0 Å². The molecule has 1 aliphatic heterocycles. The number of hydrogen-bond acceptors (Lipinski definition) is 4. The normalized spacial score (nSPS) is 18.5. The molecule has 6 heteroatoms. The zero-order valence-electron chi connectivity index (χ0n) is 13.1. The first-order valence-corrected chi connectivity index (χ1v) is 7.57. The number of benzene rings is 1. The summed E-state index contributed by atoms with van der Waals surface area (Å²) in [7, 11) is 1.58. The van der Waals surface area contributed by atoms with Crippen LogP contribution in [0.4, 0.5) is 10.5 Å². The van der Waals surface area contributed by atoms with Crippen molar-refractivity contribution in [2.24, 2.45) is 0 Å². The Kier molecular flexibility index (Phi) is 5.77. The van der Waals surface area contributed by atoms with E-state index in [9.17, 15) is 9.59 Å². The highest BCUT2D eigenvalue weighted by Gasteiger charge is 2.21. The Labute approximate surface area is 130 Å². The summed E-state index contributed by atoms with van der Waals surface area (Å²) in [5.74, 6) is 0.431. The monoisotopic (exact) mass is 305 g/mol. The lowest BCUT2D eigenvalue weighted by atomic mass is 10.0. The topological polar surface area (TPSA) is 70.7 Å². The smallest absolute Gasteiger partial charge is 0.325 e. The molecule has 6 nitrogen and oxygen atoms in total. The van der Waals surface area contributed by atoms with Crippen molar-refractivity contribution in [2.45, 2.75) is 32.2 Å². The van der Waals surface area contributed by atoms with Crippen LogP contribution in [0.3, 0.4) is 0 Å². The number of piperidine rings is 1. The van der Waals surface area contributed by atoms with E-state index in [4.69, 9.17) is 4.74 Å². The van der Waals surface area contributed by atoms with Crippen LogP contribution in [0.1, 0.15) is 26.2 Å². The molecule has 0 aromatic heterocycles. The van der Waals surface area contributed by atoms with Crippen molar-refractivity contribution >= 4 is 17.6 Å². The molecule has 22 heavy (non-hydrogen) atoms. The Morgan fingerprint density at radius 2 is 2.00 bits per heavy atom. The number of anilines is 1. The van der Waals surface area contributed by atoms with Gasteiger partial charge in [0.05, 0.1) is 13.7 Å². The highest BCUT2D eigenvalue weighted by molar-refractivity contribution is 6.01. The standard InChI is InChI=1S/C16H23N3O3/c1-12-5-3-4-10-19(12)11-15(20)18-16(21)17-13-6-8-14(22-2)9-7-13/h6-9,12H,3-5,10-11H2,1-2H3,(H2,17,18,20,21). The van der Waals surface area contributed by atoms with Crippen molar-refractivity contribution < 1.29 is 14.3 Å². The highest BCUT2D eigenvalue weighted by atomic mass is 16.5. The lowest BCUT2D eigenvalue weighted by Gasteiger charge is -2.32. The molecule has 120 valence electrons. The molecule has 2 N–H and O–H groups in total. The minimum atomic E-state index is -0.514. The second-order valence-corrected chi connectivity index (χ2v) is 5.55. The summed E-state index contributed by atoms with van der Waals surface area (Å²) in [6.07, 6.45) is 3.41. The third kappa shape index (κ3) is 4.73. The van der Waals surface area contributed by atoms with Gasteiger partial charge in [0.25, 0.3) is 0 Å². The fourth-order valence-corrected chi connectivity index (χ4v) is 2.58. The van der Waals surface area contributed by atoms with Gasteiger partial charge in [-0.2, -0.15) is 0 Å². The van der Waals surface area contributed by atoms with E-state index in [1.807, 2.05) is 0 Å². The molecule has 3 amide bonds.